The van der Waals surface area contributed by atoms with E-state index in [1.54, 1.807) is 31.2 Å². The summed E-state index contributed by atoms with van der Waals surface area (Å²) < 4.78 is 42.4. The fraction of sp³-hybridized carbons (Fsp3) is 0.333. The van der Waals surface area contributed by atoms with Gasteiger partial charge in [-0.25, -0.2) is 9.67 Å². The maximum absolute atomic E-state index is 13.6. The van der Waals surface area contributed by atoms with Crippen molar-refractivity contribution < 1.29 is 13.2 Å². The predicted molar refractivity (Wildman–Crippen MR) is 92.3 cm³/mol. The quantitative estimate of drug-likeness (QED) is 0.552. The molecule has 0 fully saturated rings. The van der Waals surface area contributed by atoms with Crippen LogP contribution in [-0.4, -0.2) is 14.8 Å². The van der Waals surface area contributed by atoms with Gasteiger partial charge in [0.25, 0.3) is 0 Å². The zero-order valence-corrected chi connectivity index (χ0v) is 15.0. The predicted octanol–water partition coefficient (Wildman–Crippen LogP) is 5.70. The van der Waals surface area contributed by atoms with E-state index in [2.05, 4.69) is 10.1 Å². The fourth-order valence-electron chi connectivity index (χ4n) is 2.66. The Balaban J connectivity index is 2.40. The van der Waals surface area contributed by atoms with Crippen molar-refractivity contribution in [3.63, 3.8) is 0 Å². The molecule has 2 heterocycles. The van der Waals surface area contributed by atoms with Gasteiger partial charge in [-0.3, -0.25) is 0 Å². The summed E-state index contributed by atoms with van der Waals surface area (Å²) in [4.78, 5) is 4.51. The third-order valence-corrected chi connectivity index (χ3v) is 4.21. The normalized spacial score (nSPS) is 12.8. The molecule has 3 aromatic rings. The third kappa shape index (κ3) is 3.23. The van der Waals surface area contributed by atoms with Gasteiger partial charge in [-0.05, 0) is 37.3 Å². The lowest BCUT2D eigenvalue weighted by Crippen LogP contribution is -2.17. The number of hydrogen-bond donors (Lipinski definition) is 0. The van der Waals surface area contributed by atoms with Gasteiger partial charge in [-0.1, -0.05) is 32.4 Å². The van der Waals surface area contributed by atoms with E-state index in [-0.39, 0.29) is 16.7 Å². The SMILES string of the molecule is Cc1nn(-c2ccc(Cl)cc2)c2nc(C(C)(C)C)cc(C(F)(F)F)c12. The van der Waals surface area contributed by atoms with Crippen molar-refractivity contribution in [3.8, 4) is 5.69 Å². The monoisotopic (exact) mass is 367 g/mol. The Bertz CT molecular complexity index is 935. The highest BCUT2D eigenvalue weighted by Crippen LogP contribution is 2.38. The Kier molecular flexibility index (Phi) is 4.06. The van der Waals surface area contributed by atoms with Crippen LogP contribution in [0.3, 0.4) is 0 Å². The van der Waals surface area contributed by atoms with Crippen molar-refractivity contribution >= 4 is 22.6 Å². The molecule has 0 N–H and O–H groups in total. The van der Waals surface area contributed by atoms with Crippen molar-refractivity contribution in [1.29, 1.82) is 0 Å². The lowest BCUT2D eigenvalue weighted by molar-refractivity contribution is -0.136. The highest BCUT2D eigenvalue weighted by molar-refractivity contribution is 6.30. The fourth-order valence-corrected chi connectivity index (χ4v) is 2.79. The molecular formula is C18H17ClF3N3. The Labute approximate surface area is 148 Å². The number of alkyl halides is 3. The summed E-state index contributed by atoms with van der Waals surface area (Å²) in [6, 6.07) is 7.86. The number of benzene rings is 1. The molecule has 0 unspecified atom stereocenters. The number of aryl methyl sites for hydroxylation is 1. The molecule has 0 saturated heterocycles. The van der Waals surface area contributed by atoms with Gasteiger partial charge >= 0.3 is 6.18 Å². The van der Waals surface area contributed by atoms with Crippen LogP contribution in [0, 0.1) is 6.92 Å². The minimum atomic E-state index is -4.49. The maximum Gasteiger partial charge on any atom is 0.417 e. The molecule has 0 spiro atoms. The molecule has 1 aromatic carbocycles. The summed E-state index contributed by atoms with van der Waals surface area (Å²) in [5.41, 5.74) is 0.207. The number of halogens is 4. The molecule has 0 saturated carbocycles. The lowest BCUT2D eigenvalue weighted by Gasteiger charge is -2.20. The average Bonchev–Trinajstić information content (AvgIpc) is 2.83. The second-order valence-corrected chi connectivity index (χ2v) is 7.41. The number of hydrogen-bond acceptors (Lipinski definition) is 2. The van der Waals surface area contributed by atoms with Gasteiger partial charge in [0.2, 0.25) is 0 Å². The highest BCUT2D eigenvalue weighted by Gasteiger charge is 2.36. The van der Waals surface area contributed by atoms with E-state index in [4.69, 9.17) is 11.6 Å². The van der Waals surface area contributed by atoms with Crippen LogP contribution in [0.4, 0.5) is 13.2 Å². The van der Waals surface area contributed by atoms with Crippen molar-refractivity contribution in [3.05, 3.63) is 52.3 Å². The van der Waals surface area contributed by atoms with E-state index in [0.29, 0.717) is 16.4 Å². The molecule has 132 valence electrons. The van der Waals surface area contributed by atoms with Crippen LogP contribution < -0.4 is 0 Å². The third-order valence-electron chi connectivity index (χ3n) is 3.96. The smallest absolute Gasteiger partial charge is 0.232 e. The molecule has 0 aliphatic heterocycles. The maximum atomic E-state index is 13.6. The van der Waals surface area contributed by atoms with Gasteiger partial charge in [0, 0.05) is 16.1 Å². The van der Waals surface area contributed by atoms with Crippen LogP contribution in [-0.2, 0) is 11.6 Å². The van der Waals surface area contributed by atoms with Gasteiger partial charge in [0.15, 0.2) is 5.65 Å². The Morgan fingerprint density at radius 2 is 1.64 bits per heavy atom. The minimum Gasteiger partial charge on any atom is -0.232 e. The first kappa shape index (κ1) is 17.7. The van der Waals surface area contributed by atoms with E-state index >= 15 is 0 Å². The van der Waals surface area contributed by atoms with Crippen LogP contribution in [0.15, 0.2) is 30.3 Å². The Morgan fingerprint density at radius 3 is 2.16 bits per heavy atom. The minimum absolute atomic E-state index is 0.0236. The molecule has 0 aliphatic carbocycles. The largest absolute Gasteiger partial charge is 0.417 e. The second kappa shape index (κ2) is 5.73. The van der Waals surface area contributed by atoms with Crippen LogP contribution in [0.5, 0.6) is 0 Å². The van der Waals surface area contributed by atoms with E-state index in [1.807, 2.05) is 20.8 Å². The van der Waals surface area contributed by atoms with Gasteiger partial charge < -0.3 is 0 Å². The molecule has 7 heteroatoms. The molecule has 25 heavy (non-hydrogen) atoms. The number of rotatable bonds is 1. The first-order chi connectivity index (χ1) is 11.5. The second-order valence-electron chi connectivity index (χ2n) is 6.98. The van der Waals surface area contributed by atoms with Crippen molar-refractivity contribution in [2.75, 3.05) is 0 Å². The van der Waals surface area contributed by atoms with Gasteiger partial charge in [0.05, 0.1) is 22.3 Å². The van der Waals surface area contributed by atoms with Crippen molar-refractivity contribution in [1.82, 2.24) is 14.8 Å². The molecule has 0 radical (unpaired) electrons. The number of aromatic nitrogens is 3. The lowest BCUT2D eigenvalue weighted by atomic mass is 9.90. The van der Waals surface area contributed by atoms with Gasteiger partial charge in [0.1, 0.15) is 0 Å². The number of nitrogens with zero attached hydrogens (tertiary/aromatic N) is 3. The van der Waals surface area contributed by atoms with E-state index in [1.165, 1.54) is 4.68 Å². The molecular weight excluding hydrogens is 351 g/mol. The van der Waals surface area contributed by atoms with Gasteiger partial charge in [-0.2, -0.15) is 18.3 Å². The first-order valence-corrected chi connectivity index (χ1v) is 8.10. The summed E-state index contributed by atoms with van der Waals surface area (Å²) in [5.74, 6) is 0. The van der Waals surface area contributed by atoms with Crippen LogP contribution >= 0.6 is 11.6 Å². The van der Waals surface area contributed by atoms with E-state index < -0.39 is 17.2 Å². The van der Waals surface area contributed by atoms with E-state index in [9.17, 15) is 13.2 Å². The standard InChI is InChI=1S/C18H17ClF3N3/c1-10-15-13(18(20,21)22)9-14(17(2,3)4)23-16(15)25(24-10)12-7-5-11(19)6-8-12/h5-9H,1-4H3. The zero-order valence-electron chi connectivity index (χ0n) is 14.2. The summed E-state index contributed by atoms with van der Waals surface area (Å²) in [5, 5.41) is 4.86. The molecule has 2 aromatic heterocycles. The number of fused-ring (bicyclic) bond motifs is 1. The average molecular weight is 368 g/mol. The summed E-state index contributed by atoms with van der Waals surface area (Å²) in [7, 11) is 0. The number of pyridine rings is 1. The molecule has 0 amide bonds. The van der Waals surface area contributed by atoms with Gasteiger partial charge in [-0.15, -0.1) is 0 Å². The Morgan fingerprint density at radius 1 is 1.04 bits per heavy atom. The topological polar surface area (TPSA) is 30.7 Å². The van der Waals surface area contributed by atoms with E-state index in [0.717, 1.165) is 6.07 Å². The molecule has 0 aliphatic rings. The summed E-state index contributed by atoms with van der Waals surface area (Å²) in [6.07, 6.45) is -4.49. The Hall–Kier alpha value is -2.08. The summed E-state index contributed by atoms with van der Waals surface area (Å²) in [6.45, 7) is 7.05. The highest BCUT2D eigenvalue weighted by atomic mass is 35.5. The molecule has 3 rings (SSSR count). The zero-order chi connectivity index (χ0) is 18.6. The van der Waals surface area contributed by atoms with Crippen LogP contribution in [0.1, 0.15) is 37.7 Å². The first-order valence-electron chi connectivity index (χ1n) is 7.72. The molecule has 3 nitrogen and oxygen atoms in total. The summed E-state index contributed by atoms with van der Waals surface area (Å²) >= 11 is 5.90. The van der Waals surface area contributed by atoms with Crippen LogP contribution in [0.25, 0.3) is 16.7 Å². The molecule has 0 bridgehead atoms. The van der Waals surface area contributed by atoms with Crippen molar-refractivity contribution in [2.45, 2.75) is 39.3 Å². The van der Waals surface area contributed by atoms with Crippen LogP contribution in [0.2, 0.25) is 5.02 Å². The van der Waals surface area contributed by atoms with Crippen molar-refractivity contribution in [2.24, 2.45) is 0 Å². The molecule has 0 atom stereocenters.